The third-order valence-corrected chi connectivity index (χ3v) is 14.4. The van der Waals surface area contributed by atoms with Gasteiger partial charge in [0, 0.05) is 57.4 Å². The highest BCUT2D eigenvalue weighted by molar-refractivity contribution is 5.85. The fourth-order valence-electron chi connectivity index (χ4n) is 10.4. The van der Waals surface area contributed by atoms with Crippen molar-refractivity contribution in [2.24, 2.45) is 0 Å². The number of pyridine rings is 1. The van der Waals surface area contributed by atoms with E-state index < -0.39 is 0 Å². The van der Waals surface area contributed by atoms with Gasteiger partial charge in [0.05, 0.1) is 5.69 Å². The second-order valence-electron chi connectivity index (χ2n) is 19.5. The highest BCUT2D eigenvalue weighted by Gasteiger charge is 2.17. The topological polar surface area (TPSA) is 22.6 Å². The van der Waals surface area contributed by atoms with Gasteiger partial charge in [0.15, 0.2) is 0 Å². The Labute approximate surface area is 459 Å². The zero-order chi connectivity index (χ0) is 52.3. The number of allylic oxidation sites excluding steroid dienone is 5. The Kier molecular flexibility index (Phi) is 14.6. The first-order valence-electron chi connectivity index (χ1n) is 26.9. The van der Waals surface area contributed by atoms with Crippen LogP contribution in [0, 0.1) is 0 Å². The molecule has 1 aliphatic rings. The van der Waals surface area contributed by atoms with Gasteiger partial charge in [0.25, 0.3) is 0 Å². The molecule has 4 heteroatoms. The van der Waals surface area contributed by atoms with Crippen molar-refractivity contribution in [1.29, 1.82) is 0 Å². The number of rotatable bonds is 16. The smallest absolute Gasteiger partial charge is 0.0665 e. The number of aromatic nitrogens is 1. The molecule has 0 spiro atoms. The number of para-hydroxylation sites is 4. The van der Waals surface area contributed by atoms with Gasteiger partial charge in [0.2, 0.25) is 0 Å². The number of nitrogens with zero attached hydrogens (tertiary/aromatic N) is 4. The maximum Gasteiger partial charge on any atom is 0.0665 e. The average Bonchev–Trinajstić information content (AvgIpc) is 3.53. The first kappa shape index (κ1) is 48.9. The predicted molar refractivity (Wildman–Crippen MR) is 330 cm³/mol. The molecule has 12 rings (SSSR count). The lowest BCUT2D eigenvalue weighted by Crippen LogP contribution is -2.10. The highest BCUT2D eigenvalue weighted by atomic mass is 15.2. The maximum absolute atomic E-state index is 4.71. The van der Waals surface area contributed by atoms with Crippen molar-refractivity contribution < 1.29 is 0 Å². The molecule has 1 aromatic heterocycles. The summed E-state index contributed by atoms with van der Waals surface area (Å²) in [6.45, 7) is 0. The first-order valence-corrected chi connectivity index (χ1v) is 26.9. The molecule has 78 heavy (non-hydrogen) atoms. The third-order valence-electron chi connectivity index (χ3n) is 14.4. The second-order valence-corrected chi connectivity index (χ2v) is 19.5. The molecule has 0 N–H and O–H groups in total. The molecular weight excluding hydrogens is 945 g/mol. The summed E-state index contributed by atoms with van der Waals surface area (Å²) in [4.78, 5) is 11.6. The summed E-state index contributed by atoms with van der Waals surface area (Å²) < 4.78 is 0. The molecule has 0 aliphatic heterocycles. The lowest BCUT2D eigenvalue weighted by atomic mass is 9.95. The Balaban J connectivity index is 0.761. The summed E-state index contributed by atoms with van der Waals surface area (Å²) in [5.74, 6) is 0. The van der Waals surface area contributed by atoms with Crippen LogP contribution in [0.3, 0.4) is 0 Å². The fourth-order valence-corrected chi connectivity index (χ4v) is 10.4. The Morgan fingerprint density at radius 2 is 0.628 bits per heavy atom. The molecule has 11 aromatic rings. The van der Waals surface area contributed by atoms with E-state index in [-0.39, 0.29) is 0 Å². The molecule has 374 valence electrons. The van der Waals surface area contributed by atoms with E-state index in [2.05, 4.69) is 318 Å². The molecule has 1 heterocycles. The third kappa shape index (κ3) is 11.2. The Hall–Kier alpha value is -10.0. The summed E-state index contributed by atoms with van der Waals surface area (Å²) in [6.07, 6.45) is 14.1. The van der Waals surface area contributed by atoms with Crippen LogP contribution in [0.2, 0.25) is 0 Å². The largest absolute Gasteiger partial charge is 0.311 e. The minimum absolute atomic E-state index is 0.861. The molecule has 0 saturated carbocycles. The molecule has 4 nitrogen and oxygen atoms in total. The Morgan fingerprint density at radius 3 is 0.923 bits per heavy atom. The molecule has 10 aromatic carbocycles. The number of benzene rings is 10. The minimum atomic E-state index is 0.861. The summed E-state index contributed by atoms with van der Waals surface area (Å²) in [5.41, 5.74) is 21.6. The van der Waals surface area contributed by atoms with Gasteiger partial charge < -0.3 is 14.7 Å². The zero-order valence-corrected chi connectivity index (χ0v) is 43.4. The van der Waals surface area contributed by atoms with Crippen LogP contribution in [-0.2, 0) is 0 Å². The van der Waals surface area contributed by atoms with Crippen LogP contribution in [0.25, 0.3) is 45.0 Å². The van der Waals surface area contributed by atoms with Crippen LogP contribution < -0.4 is 14.7 Å². The minimum Gasteiger partial charge on any atom is -0.311 e. The van der Waals surface area contributed by atoms with Crippen molar-refractivity contribution in [2.75, 3.05) is 14.7 Å². The molecule has 0 saturated heterocycles. The normalized spacial score (nSPS) is 12.2. The van der Waals surface area contributed by atoms with Crippen molar-refractivity contribution in [3.8, 4) is 33.4 Å². The van der Waals surface area contributed by atoms with Gasteiger partial charge in [-0.05, 0) is 197 Å². The van der Waals surface area contributed by atoms with Gasteiger partial charge in [0.1, 0.15) is 0 Å². The molecule has 0 amide bonds. The monoisotopic (exact) mass is 1000 g/mol. The van der Waals surface area contributed by atoms with Crippen molar-refractivity contribution in [3.05, 3.63) is 326 Å². The standard InChI is InChI=1S/C74H58N4/c1-6-18-56(19-7-1)54-64(74-28-16-17-53-75-74)55-57-29-31-58(32-30-57)59-33-45-70(46-34-59)77(67-24-12-4-13-25-67)71-49-39-62(40-50-71)63-41-51-73(52-42-63)78(68-26-14-5-15-27-68)72-47-37-61(38-48-72)60-35-43-69(44-36-60)76(65-20-8-2-9-21-65)66-22-10-3-11-23-66/h2-6,8-53,55H,1,7,54H2/b64-55-. The fraction of sp³-hybridized carbons (Fsp3) is 0.0405. The van der Waals surface area contributed by atoms with E-state index in [0.717, 1.165) is 104 Å². The van der Waals surface area contributed by atoms with Crippen LogP contribution in [0.5, 0.6) is 0 Å². The van der Waals surface area contributed by atoms with Crippen LogP contribution in [-0.4, -0.2) is 4.98 Å². The van der Waals surface area contributed by atoms with E-state index in [1.165, 1.54) is 22.3 Å². The van der Waals surface area contributed by atoms with Gasteiger partial charge >= 0.3 is 0 Å². The molecular formula is C74H58N4. The Morgan fingerprint density at radius 1 is 0.321 bits per heavy atom. The van der Waals surface area contributed by atoms with Crippen molar-refractivity contribution in [2.45, 2.75) is 19.3 Å². The number of hydrogen-bond acceptors (Lipinski definition) is 4. The second kappa shape index (κ2) is 23.2. The zero-order valence-electron chi connectivity index (χ0n) is 43.4. The predicted octanol–water partition coefficient (Wildman–Crippen LogP) is 20.7. The lowest BCUT2D eigenvalue weighted by molar-refractivity contribution is 1.00. The van der Waals surface area contributed by atoms with Crippen molar-refractivity contribution >= 4 is 62.8 Å². The molecule has 0 bridgehead atoms. The van der Waals surface area contributed by atoms with Crippen molar-refractivity contribution in [3.63, 3.8) is 0 Å². The van der Waals surface area contributed by atoms with E-state index in [4.69, 9.17) is 4.98 Å². The van der Waals surface area contributed by atoms with E-state index in [1.54, 1.807) is 0 Å². The van der Waals surface area contributed by atoms with E-state index in [0.29, 0.717) is 0 Å². The summed E-state index contributed by atoms with van der Waals surface area (Å²) in [5, 5.41) is 0. The van der Waals surface area contributed by atoms with Gasteiger partial charge in [-0.1, -0.05) is 182 Å². The van der Waals surface area contributed by atoms with Gasteiger partial charge in [-0.25, -0.2) is 0 Å². The molecule has 0 atom stereocenters. The lowest BCUT2D eigenvalue weighted by Gasteiger charge is -2.26. The van der Waals surface area contributed by atoms with Gasteiger partial charge in [-0.15, -0.1) is 0 Å². The number of hydrogen-bond donors (Lipinski definition) is 0. The SMILES string of the molecule is C1=CC(C/C(=C/c2ccc(-c3ccc(N(c4ccccc4)c4ccc(-c5ccc(N(c6ccccc6)c6ccc(-c7ccc(N(c8ccccc8)c8ccccc8)cc7)cc6)cc5)cc4)cc3)cc2)c2ccccn2)=CCC1. The summed E-state index contributed by atoms with van der Waals surface area (Å²) in [6, 6.07) is 102. The van der Waals surface area contributed by atoms with Crippen LogP contribution in [0.15, 0.2) is 315 Å². The van der Waals surface area contributed by atoms with Crippen LogP contribution >= 0.6 is 0 Å². The molecule has 0 unspecified atom stereocenters. The summed E-state index contributed by atoms with van der Waals surface area (Å²) in [7, 11) is 0. The average molecular weight is 1000 g/mol. The quantitative estimate of drug-likeness (QED) is 0.0962. The van der Waals surface area contributed by atoms with Crippen LogP contribution in [0.4, 0.5) is 51.2 Å². The van der Waals surface area contributed by atoms with Crippen molar-refractivity contribution in [1.82, 2.24) is 4.98 Å². The van der Waals surface area contributed by atoms with Gasteiger partial charge in [-0.3, -0.25) is 4.98 Å². The molecule has 0 radical (unpaired) electrons. The molecule has 1 aliphatic carbocycles. The van der Waals surface area contributed by atoms with E-state index in [9.17, 15) is 0 Å². The van der Waals surface area contributed by atoms with Gasteiger partial charge in [-0.2, -0.15) is 0 Å². The van der Waals surface area contributed by atoms with E-state index in [1.807, 2.05) is 12.3 Å². The Bertz CT molecular complexity index is 3740. The maximum atomic E-state index is 4.71. The first-order chi connectivity index (χ1) is 38.7. The number of anilines is 9. The summed E-state index contributed by atoms with van der Waals surface area (Å²) >= 11 is 0. The van der Waals surface area contributed by atoms with E-state index >= 15 is 0 Å². The highest BCUT2D eigenvalue weighted by Crippen LogP contribution is 2.41. The molecule has 0 fully saturated rings. The van der Waals surface area contributed by atoms with Crippen LogP contribution in [0.1, 0.15) is 30.5 Å².